The molecule has 0 saturated heterocycles. The van der Waals surface area contributed by atoms with Gasteiger partial charge in [-0.3, -0.25) is 0 Å². The Morgan fingerprint density at radius 1 is 0.857 bits per heavy atom. The summed E-state index contributed by atoms with van der Waals surface area (Å²) in [7, 11) is 0. The summed E-state index contributed by atoms with van der Waals surface area (Å²) < 4.78 is 0. The molecule has 0 aromatic heterocycles. The first-order valence-corrected chi connectivity index (χ1v) is 13.0. The second-order valence-corrected chi connectivity index (χ2v) is 12.3. The third-order valence-corrected chi connectivity index (χ3v) is 11.1. The Morgan fingerprint density at radius 3 is 2.39 bits per heavy atom. The SMILES string of the molecule is CC1=C([C@H](C)CC[C@H](C)C(C)C)CC[C@]12CC[C@H]1[C@H]2CC[C@H]2CCCC[C@@]21C. The highest BCUT2D eigenvalue weighted by Crippen LogP contribution is 2.69. The lowest BCUT2D eigenvalue weighted by Crippen LogP contribution is -2.46. The van der Waals surface area contributed by atoms with Crippen molar-refractivity contribution in [2.75, 3.05) is 0 Å². The van der Waals surface area contributed by atoms with Gasteiger partial charge in [0.15, 0.2) is 0 Å². The van der Waals surface area contributed by atoms with Gasteiger partial charge >= 0.3 is 0 Å². The van der Waals surface area contributed by atoms with Crippen molar-refractivity contribution in [1.29, 1.82) is 0 Å². The molecule has 4 aliphatic rings. The average molecular weight is 385 g/mol. The predicted molar refractivity (Wildman–Crippen MR) is 122 cm³/mol. The highest BCUT2D eigenvalue weighted by molar-refractivity contribution is 5.32. The fraction of sp³-hybridized carbons (Fsp3) is 0.929. The zero-order valence-electron chi connectivity index (χ0n) is 19.9. The van der Waals surface area contributed by atoms with Gasteiger partial charge in [-0.1, -0.05) is 58.6 Å². The fourth-order valence-electron chi connectivity index (χ4n) is 8.69. The zero-order valence-corrected chi connectivity index (χ0v) is 19.9. The van der Waals surface area contributed by atoms with Crippen LogP contribution in [0.1, 0.15) is 119 Å². The average Bonchev–Trinajstić information content (AvgIpc) is 3.22. The van der Waals surface area contributed by atoms with Crippen molar-refractivity contribution in [1.82, 2.24) is 0 Å². The van der Waals surface area contributed by atoms with E-state index in [9.17, 15) is 0 Å². The van der Waals surface area contributed by atoms with E-state index in [1.54, 1.807) is 19.3 Å². The van der Waals surface area contributed by atoms with Crippen molar-refractivity contribution < 1.29 is 0 Å². The second kappa shape index (κ2) is 7.77. The van der Waals surface area contributed by atoms with Gasteiger partial charge in [0.1, 0.15) is 0 Å². The van der Waals surface area contributed by atoms with Crippen LogP contribution in [0.25, 0.3) is 0 Å². The summed E-state index contributed by atoms with van der Waals surface area (Å²) in [5, 5.41) is 0. The van der Waals surface area contributed by atoms with Crippen molar-refractivity contribution in [3.8, 4) is 0 Å². The topological polar surface area (TPSA) is 0 Å². The molecule has 3 saturated carbocycles. The summed E-state index contributed by atoms with van der Waals surface area (Å²) in [5.41, 5.74) is 5.09. The van der Waals surface area contributed by atoms with Crippen molar-refractivity contribution in [2.45, 2.75) is 119 Å². The van der Waals surface area contributed by atoms with Crippen LogP contribution in [0.2, 0.25) is 0 Å². The molecule has 0 nitrogen and oxygen atoms in total. The Labute approximate surface area is 176 Å². The van der Waals surface area contributed by atoms with E-state index < -0.39 is 0 Å². The summed E-state index contributed by atoms with van der Waals surface area (Å²) in [6, 6.07) is 0. The molecule has 4 rings (SSSR count). The van der Waals surface area contributed by atoms with Crippen LogP contribution in [0.15, 0.2) is 11.1 Å². The molecular weight excluding hydrogens is 336 g/mol. The van der Waals surface area contributed by atoms with Gasteiger partial charge in [0.2, 0.25) is 0 Å². The first-order chi connectivity index (χ1) is 13.3. The number of fused-ring (bicyclic) bond motifs is 4. The van der Waals surface area contributed by atoms with E-state index in [1.165, 1.54) is 57.8 Å². The fourth-order valence-corrected chi connectivity index (χ4v) is 8.69. The van der Waals surface area contributed by atoms with Crippen LogP contribution in [-0.2, 0) is 0 Å². The molecule has 0 N–H and O–H groups in total. The summed E-state index contributed by atoms with van der Waals surface area (Å²) in [4.78, 5) is 0. The molecule has 0 amide bonds. The number of hydrogen-bond acceptors (Lipinski definition) is 0. The van der Waals surface area contributed by atoms with Crippen LogP contribution < -0.4 is 0 Å². The first kappa shape index (κ1) is 21.0. The van der Waals surface area contributed by atoms with E-state index in [1.807, 2.05) is 11.1 Å². The van der Waals surface area contributed by atoms with E-state index in [4.69, 9.17) is 0 Å². The lowest BCUT2D eigenvalue weighted by molar-refractivity contribution is -0.0401. The first-order valence-electron chi connectivity index (χ1n) is 13.0. The number of allylic oxidation sites excluding steroid dienone is 2. The van der Waals surface area contributed by atoms with Gasteiger partial charge in [0, 0.05) is 0 Å². The molecule has 1 spiro atoms. The van der Waals surface area contributed by atoms with E-state index >= 15 is 0 Å². The maximum Gasteiger partial charge on any atom is -0.00538 e. The maximum atomic E-state index is 2.72. The Kier molecular flexibility index (Phi) is 5.83. The van der Waals surface area contributed by atoms with E-state index in [0.717, 1.165) is 35.5 Å². The molecule has 7 atom stereocenters. The summed E-state index contributed by atoms with van der Waals surface area (Å²) in [6.45, 7) is 15.1. The second-order valence-electron chi connectivity index (χ2n) is 12.3. The highest BCUT2D eigenvalue weighted by Gasteiger charge is 2.60. The van der Waals surface area contributed by atoms with Gasteiger partial charge in [-0.25, -0.2) is 0 Å². The van der Waals surface area contributed by atoms with E-state index in [-0.39, 0.29) is 0 Å². The molecule has 3 fully saturated rings. The molecule has 0 heteroatoms. The predicted octanol–water partition coefficient (Wildman–Crippen LogP) is 8.81. The molecule has 0 aromatic rings. The Bertz CT molecular complexity index is 597. The van der Waals surface area contributed by atoms with Crippen LogP contribution >= 0.6 is 0 Å². The maximum absolute atomic E-state index is 2.72. The minimum atomic E-state index is 0.614. The van der Waals surface area contributed by atoms with E-state index in [0.29, 0.717) is 10.8 Å². The van der Waals surface area contributed by atoms with Crippen molar-refractivity contribution >= 4 is 0 Å². The van der Waals surface area contributed by atoms with Gasteiger partial charge < -0.3 is 0 Å². The quantitative estimate of drug-likeness (QED) is 0.415. The van der Waals surface area contributed by atoms with Crippen molar-refractivity contribution in [2.24, 2.45) is 46.3 Å². The molecule has 160 valence electrons. The van der Waals surface area contributed by atoms with Crippen LogP contribution in [0.4, 0.5) is 0 Å². The third kappa shape index (κ3) is 3.24. The molecule has 0 unspecified atom stereocenters. The van der Waals surface area contributed by atoms with Gasteiger partial charge in [0.05, 0.1) is 0 Å². The van der Waals surface area contributed by atoms with Crippen LogP contribution in [0.3, 0.4) is 0 Å². The van der Waals surface area contributed by atoms with E-state index in [2.05, 4.69) is 41.5 Å². The number of hydrogen-bond donors (Lipinski definition) is 0. The van der Waals surface area contributed by atoms with Crippen molar-refractivity contribution in [3.63, 3.8) is 0 Å². The molecule has 0 radical (unpaired) electrons. The molecule has 0 aromatic carbocycles. The largest absolute Gasteiger partial charge is 0.0679 e. The van der Waals surface area contributed by atoms with Gasteiger partial charge in [-0.2, -0.15) is 0 Å². The zero-order chi connectivity index (χ0) is 20.1. The monoisotopic (exact) mass is 384 g/mol. The lowest BCUT2D eigenvalue weighted by Gasteiger charge is -2.54. The standard InChI is InChI=1S/C28H48/c1-19(2)20(3)10-11-21(4)24-14-17-28(22(24)5)18-15-25-26(28)13-12-23-9-7-8-16-27(23,25)6/h19-21,23,25-26H,7-18H2,1-6H3/t20-,21+,23+,25-,26+,27-,28-/m0/s1. The van der Waals surface area contributed by atoms with Crippen LogP contribution in [0, 0.1) is 46.3 Å². The Balaban J connectivity index is 1.51. The molecule has 0 bridgehead atoms. The smallest absolute Gasteiger partial charge is 0.00538 e. The van der Waals surface area contributed by atoms with Crippen LogP contribution in [-0.4, -0.2) is 0 Å². The number of rotatable bonds is 5. The van der Waals surface area contributed by atoms with Crippen molar-refractivity contribution in [3.05, 3.63) is 11.1 Å². The van der Waals surface area contributed by atoms with Gasteiger partial charge in [-0.05, 0) is 117 Å². The van der Waals surface area contributed by atoms with Gasteiger partial charge in [-0.15, -0.1) is 0 Å². The summed E-state index contributed by atoms with van der Waals surface area (Å²) in [6.07, 6.45) is 18.0. The minimum absolute atomic E-state index is 0.614. The molecule has 0 heterocycles. The molecule has 28 heavy (non-hydrogen) atoms. The minimum Gasteiger partial charge on any atom is -0.0679 e. The highest BCUT2D eigenvalue weighted by atomic mass is 14.6. The molecule has 0 aliphatic heterocycles. The molecule has 4 aliphatic carbocycles. The summed E-state index contributed by atoms with van der Waals surface area (Å²) >= 11 is 0. The summed E-state index contributed by atoms with van der Waals surface area (Å²) in [5.74, 6) is 5.64. The molecular formula is C28H48. The third-order valence-electron chi connectivity index (χ3n) is 11.1. The Morgan fingerprint density at radius 2 is 1.64 bits per heavy atom. The lowest BCUT2D eigenvalue weighted by atomic mass is 9.51. The normalized spacial score (nSPS) is 42.8. The van der Waals surface area contributed by atoms with Gasteiger partial charge in [0.25, 0.3) is 0 Å². The van der Waals surface area contributed by atoms with Crippen LogP contribution in [0.5, 0.6) is 0 Å². The Hall–Kier alpha value is -0.260.